The van der Waals surface area contributed by atoms with Crippen LogP contribution in [0.3, 0.4) is 0 Å². The fourth-order valence-electron chi connectivity index (χ4n) is 1.78. The number of nitrogens with one attached hydrogen (secondary N) is 1. The fraction of sp³-hybridized carbons (Fsp3) is 0.615. The van der Waals surface area contributed by atoms with E-state index in [0.717, 1.165) is 0 Å². The Hall–Kier alpha value is -0.870. The first kappa shape index (κ1) is 14.2. The standard InChI is InChI=1S/C13H21NO2S/c1-8(2)7-11(13(15)16)14-10(4)12-6-5-9(3)17-12/h5-6,8,10-11,14H,7H2,1-4H3,(H,15,16). The quantitative estimate of drug-likeness (QED) is 0.820. The Labute approximate surface area is 107 Å². The second kappa shape index (κ2) is 6.17. The van der Waals surface area contributed by atoms with Crippen molar-refractivity contribution in [1.29, 1.82) is 0 Å². The summed E-state index contributed by atoms with van der Waals surface area (Å²) in [5.41, 5.74) is 0. The molecule has 0 aromatic carbocycles. The Morgan fingerprint density at radius 1 is 1.41 bits per heavy atom. The minimum Gasteiger partial charge on any atom is -0.480 e. The highest BCUT2D eigenvalue weighted by Gasteiger charge is 2.21. The molecule has 2 N–H and O–H groups in total. The lowest BCUT2D eigenvalue weighted by Crippen LogP contribution is -2.39. The first-order valence-corrected chi connectivity index (χ1v) is 6.77. The molecule has 0 bridgehead atoms. The summed E-state index contributed by atoms with van der Waals surface area (Å²) in [5.74, 6) is -0.389. The van der Waals surface area contributed by atoms with Gasteiger partial charge in [0.2, 0.25) is 0 Å². The molecule has 3 nitrogen and oxygen atoms in total. The van der Waals surface area contributed by atoms with Crippen molar-refractivity contribution in [3.63, 3.8) is 0 Å². The van der Waals surface area contributed by atoms with Gasteiger partial charge in [-0.15, -0.1) is 11.3 Å². The minimum atomic E-state index is -0.765. The molecule has 2 atom stereocenters. The maximum absolute atomic E-state index is 11.1. The SMILES string of the molecule is Cc1ccc(C(C)NC(CC(C)C)C(=O)O)s1. The maximum atomic E-state index is 11.1. The summed E-state index contributed by atoms with van der Waals surface area (Å²) in [6.45, 7) is 8.15. The van der Waals surface area contributed by atoms with Crippen LogP contribution in [0.2, 0.25) is 0 Å². The molecule has 4 heteroatoms. The summed E-state index contributed by atoms with van der Waals surface area (Å²) in [6, 6.07) is 3.75. The number of hydrogen-bond acceptors (Lipinski definition) is 3. The van der Waals surface area contributed by atoms with Gasteiger partial charge in [0.1, 0.15) is 6.04 Å². The van der Waals surface area contributed by atoms with Crippen LogP contribution in [-0.4, -0.2) is 17.1 Å². The monoisotopic (exact) mass is 255 g/mol. The van der Waals surface area contributed by atoms with Crippen LogP contribution in [-0.2, 0) is 4.79 Å². The van der Waals surface area contributed by atoms with E-state index in [1.165, 1.54) is 9.75 Å². The van der Waals surface area contributed by atoms with Gasteiger partial charge in [-0.2, -0.15) is 0 Å². The lowest BCUT2D eigenvalue weighted by Gasteiger charge is -2.20. The molecule has 0 saturated heterocycles. The van der Waals surface area contributed by atoms with Crippen LogP contribution in [0.1, 0.15) is 43.0 Å². The molecule has 1 heterocycles. The highest BCUT2D eigenvalue weighted by molar-refractivity contribution is 7.12. The summed E-state index contributed by atoms with van der Waals surface area (Å²) < 4.78 is 0. The number of aryl methyl sites for hydroxylation is 1. The van der Waals surface area contributed by atoms with Crippen LogP contribution in [0.15, 0.2) is 12.1 Å². The van der Waals surface area contributed by atoms with Crippen LogP contribution in [0, 0.1) is 12.8 Å². The molecule has 0 fully saturated rings. The van der Waals surface area contributed by atoms with Crippen molar-refractivity contribution in [2.45, 2.75) is 46.2 Å². The minimum absolute atomic E-state index is 0.0912. The molecular weight excluding hydrogens is 234 g/mol. The van der Waals surface area contributed by atoms with E-state index >= 15 is 0 Å². The van der Waals surface area contributed by atoms with Crippen molar-refractivity contribution in [2.75, 3.05) is 0 Å². The summed E-state index contributed by atoms with van der Waals surface area (Å²) in [7, 11) is 0. The van der Waals surface area contributed by atoms with Gasteiger partial charge >= 0.3 is 5.97 Å². The third kappa shape index (κ3) is 4.48. The third-order valence-corrected chi connectivity index (χ3v) is 3.83. The number of carboxylic acids is 1. The van der Waals surface area contributed by atoms with Gasteiger partial charge in [-0.1, -0.05) is 13.8 Å². The van der Waals surface area contributed by atoms with E-state index in [9.17, 15) is 4.79 Å². The summed E-state index contributed by atoms with van der Waals surface area (Å²) in [4.78, 5) is 13.6. The molecular formula is C13H21NO2S. The predicted octanol–water partition coefficient (Wildman–Crippen LogP) is 3.21. The average molecular weight is 255 g/mol. The van der Waals surface area contributed by atoms with Crippen molar-refractivity contribution >= 4 is 17.3 Å². The third-order valence-electron chi connectivity index (χ3n) is 2.64. The van der Waals surface area contributed by atoms with Crippen LogP contribution >= 0.6 is 11.3 Å². The Morgan fingerprint density at radius 2 is 2.06 bits per heavy atom. The molecule has 1 aromatic rings. The van der Waals surface area contributed by atoms with E-state index in [1.807, 2.05) is 20.8 Å². The van der Waals surface area contributed by atoms with E-state index in [0.29, 0.717) is 12.3 Å². The summed E-state index contributed by atoms with van der Waals surface area (Å²) in [5, 5.41) is 12.4. The first-order chi connectivity index (χ1) is 7.90. The Morgan fingerprint density at radius 3 is 2.47 bits per heavy atom. The zero-order chi connectivity index (χ0) is 13.0. The number of carboxylic acid groups (broad SMARTS) is 1. The van der Waals surface area contributed by atoms with E-state index in [4.69, 9.17) is 5.11 Å². The second-order valence-corrected chi connectivity index (χ2v) is 6.18. The van der Waals surface area contributed by atoms with Gasteiger partial charge in [0.25, 0.3) is 0 Å². The van der Waals surface area contributed by atoms with Gasteiger partial charge in [0, 0.05) is 15.8 Å². The molecule has 17 heavy (non-hydrogen) atoms. The van der Waals surface area contributed by atoms with Crippen molar-refractivity contribution < 1.29 is 9.90 Å². The molecule has 0 aliphatic carbocycles. The summed E-state index contributed by atoms with van der Waals surface area (Å²) >= 11 is 1.71. The van der Waals surface area contributed by atoms with Gasteiger partial charge in [0.05, 0.1) is 0 Å². The van der Waals surface area contributed by atoms with E-state index in [-0.39, 0.29) is 6.04 Å². The van der Waals surface area contributed by atoms with Crippen LogP contribution in [0.5, 0.6) is 0 Å². The van der Waals surface area contributed by atoms with E-state index < -0.39 is 12.0 Å². The molecule has 1 rings (SSSR count). The average Bonchev–Trinajstić information content (AvgIpc) is 2.63. The normalized spacial score (nSPS) is 14.9. The largest absolute Gasteiger partial charge is 0.480 e. The molecule has 0 spiro atoms. The van der Waals surface area contributed by atoms with Crippen LogP contribution in [0.4, 0.5) is 0 Å². The molecule has 0 saturated carbocycles. The van der Waals surface area contributed by atoms with Crippen molar-refractivity contribution in [1.82, 2.24) is 5.32 Å². The summed E-state index contributed by atoms with van der Waals surface area (Å²) in [6.07, 6.45) is 0.657. The first-order valence-electron chi connectivity index (χ1n) is 5.95. The topological polar surface area (TPSA) is 49.3 Å². The number of hydrogen-bond donors (Lipinski definition) is 2. The number of carbonyl (C=O) groups is 1. The highest BCUT2D eigenvalue weighted by Crippen LogP contribution is 2.23. The molecule has 0 aliphatic heterocycles. The molecule has 96 valence electrons. The lowest BCUT2D eigenvalue weighted by molar-refractivity contribution is -0.140. The molecule has 2 unspecified atom stereocenters. The maximum Gasteiger partial charge on any atom is 0.320 e. The van der Waals surface area contributed by atoms with Crippen LogP contribution in [0.25, 0.3) is 0 Å². The molecule has 1 aromatic heterocycles. The van der Waals surface area contributed by atoms with Gasteiger partial charge in [0.15, 0.2) is 0 Å². The fourth-order valence-corrected chi connectivity index (χ4v) is 2.67. The molecule has 0 radical (unpaired) electrons. The number of aliphatic carboxylic acids is 1. The van der Waals surface area contributed by atoms with E-state index in [1.54, 1.807) is 11.3 Å². The van der Waals surface area contributed by atoms with Crippen molar-refractivity contribution in [3.8, 4) is 0 Å². The van der Waals surface area contributed by atoms with Gasteiger partial charge in [-0.25, -0.2) is 0 Å². The highest BCUT2D eigenvalue weighted by atomic mass is 32.1. The Balaban J connectivity index is 2.63. The Bertz CT molecular complexity index is 373. The second-order valence-electron chi connectivity index (χ2n) is 4.86. The number of rotatable bonds is 6. The van der Waals surface area contributed by atoms with Crippen molar-refractivity contribution in [3.05, 3.63) is 21.9 Å². The smallest absolute Gasteiger partial charge is 0.320 e. The number of thiophene rings is 1. The molecule has 0 amide bonds. The van der Waals surface area contributed by atoms with E-state index in [2.05, 4.69) is 24.4 Å². The van der Waals surface area contributed by atoms with Crippen LogP contribution < -0.4 is 5.32 Å². The predicted molar refractivity (Wildman–Crippen MR) is 71.5 cm³/mol. The van der Waals surface area contributed by atoms with Gasteiger partial charge in [-0.05, 0) is 38.3 Å². The van der Waals surface area contributed by atoms with Gasteiger partial charge < -0.3 is 5.11 Å². The zero-order valence-corrected chi connectivity index (χ0v) is 11.7. The Kier molecular flexibility index (Phi) is 5.15. The van der Waals surface area contributed by atoms with Gasteiger partial charge in [-0.3, -0.25) is 10.1 Å². The lowest BCUT2D eigenvalue weighted by atomic mass is 10.0. The molecule has 0 aliphatic rings. The van der Waals surface area contributed by atoms with Crippen molar-refractivity contribution in [2.24, 2.45) is 5.92 Å². The zero-order valence-electron chi connectivity index (χ0n) is 10.9.